The van der Waals surface area contributed by atoms with Gasteiger partial charge >= 0.3 is 0 Å². The van der Waals surface area contributed by atoms with Crippen LogP contribution >= 0.6 is 0 Å². The first-order valence-corrected chi connectivity index (χ1v) is 4.66. The molecule has 1 aliphatic rings. The van der Waals surface area contributed by atoms with Crippen molar-refractivity contribution < 1.29 is 4.74 Å². The van der Waals surface area contributed by atoms with E-state index in [4.69, 9.17) is 4.74 Å². The minimum absolute atomic E-state index is 0.610. The van der Waals surface area contributed by atoms with Crippen molar-refractivity contribution in [2.75, 3.05) is 13.2 Å². The van der Waals surface area contributed by atoms with Gasteiger partial charge in [-0.05, 0) is 26.2 Å². The summed E-state index contributed by atoms with van der Waals surface area (Å²) in [6, 6.07) is 1.25. The van der Waals surface area contributed by atoms with Gasteiger partial charge in [-0.2, -0.15) is 0 Å². The second-order valence-corrected chi connectivity index (χ2v) is 3.39. The summed E-state index contributed by atoms with van der Waals surface area (Å²) >= 11 is 0. The third kappa shape index (κ3) is 3.21. The lowest BCUT2D eigenvalue weighted by Gasteiger charge is -2.26. The number of hydrogen-bond acceptors (Lipinski definition) is 2. The molecule has 0 saturated carbocycles. The van der Waals surface area contributed by atoms with Gasteiger partial charge in [-0.15, -0.1) is 0 Å². The predicted octanol–water partition coefficient (Wildman–Crippen LogP) is 1.55. The van der Waals surface area contributed by atoms with Crippen LogP contribution in [0.3, 0.4) is 0 Å². The maximum atomic E-state index is 5.36. The summed E-state index contributed by atoms with van der Waals surface area (Å²) in [4.78, 5) is 0. The quantitative estimate of drug-likeness (QED) is 0.671. The molecule has 0 aromatic rings. The fourth-order valence-corrected chi connectivity index (χ4v) is 1.39. The number of nitrogens with one attached hydrogen (secondary N) is 1. The number of rotatable bonds is 3. The first-order valence-electron chi connectivity index (χ1n) is 4.66. The van der Waals surface area contributed by atoms with E-state index in [1.165, 1.54) is 19.3 Å². The van der Waals surface area contributed by atoms with Gasteiger partial charge in [0.15, 0.2) is 0 Å². The van der Waals surface area contributed by atoms with E-state index < -0.39 is 0 Å². The molecular formula is C9H19NO. The lowest BCUT2D eigenvalue weighted by molar-refractivity contribution is 0.0669. The van der Waals surface area contributed by atoms with Gasteiger partial charge in [0.1, 0.15) is 0 Å². The SMILES string of the molecule is CCC(C)N[C@@H]1CCCOC1. The molecule has 0 aromatic heterocycles. The van der Waals surface area contributed by atoms with Crippen LogP contribution in [-0.2, 0) is 4.74 Å². The van der Waals surface area contributed by atoms with Crippen LogP contribution in [0.4, 0.5) is 0 Å². The molecule has 0 radical (unpaired) electrons. The van der Waals surface area contributed by atoms with Crippen molar-refractivity contribution in [2.24, 2.45) is 0 Å². The van der Waals surface area contributed by atoms with Crippen molar-refractivity contribution in [1.82, 2.24) is 5.32 Å². The molecule has 1 aliphatic heterocycles. The molecule has 2 atom stereocenters. The Morgan fingerprint density at radius 3 is 3.00 bits per heavy atom. The Morgan fingerprint density at radius 1 is 1.64 bits per heavy atom. The molecule has 0 aliphatic carbocycles. The molecular weight excluding hydrogens is 138 g/mol. The lowest BCUT2D eigenvalue weighted by atomic mass is 10.1. The molecule has 1 N–H and O–H groups in total. The number of ether oxygens (including phenoxy) is 1. The van der Waals surface area contributed by atoms with E-state index in [0.29, 0.717) is 12.1 Å². The first-order chi connectivity index (χ1) is 5.33. The summed E-state index contributed by atoms with van der Waals surface area (Å²) in [5.41, 5.74) is 0. The smallest absolute Gasteiger partial charge is 0.0619 e. The highest BCUT2D eigenvalue weighted by atomic mass is 16.5. The van der Waals surface area contributed by atoms with Crippen molar-refractivity contribution in [1.29, 1.82) is 0 Å². The summed E-state index contributed by atoms with van der Waals surface area (Å²) in [6.07, 6.45) is 3.70. The third-order valence-corrected chi connectivity index (χ3v) is 2.29. The molecule has 1 heterocycles. The zero-order valence-corrected chi connectivity index (χ0v) is 7.60. The summed E-state index contributed by atoms with van der Waals surface area (Å²) in [5, 5.41) is 3.54. The zero-order chi connectivity index (χ0) is 8.10. The third-order valence-electron chi connectivity index (χ3n) is 2.29. The van der Waals surface area contributed by atoms with Crippen molar-refractivity contribution in [3.8, 4) is 0 Å². The van der Waals surface area contributed by atoms with Gasteiger partial charge in [-0.3, -0.25) is 0 Å². The van der Waals surface area contributed by atoms with Gasteiger partial charge in [0, 0.05) is 18.7 Å². The Labute approximate surface area is 69.3 Å². The van der Waals surface area contributed by atoms with Crippen LogP contribution in [0.15, 0.2) is 0 Å². The maximum Gasteiger partial charge on any atom is 0.0619 e. The summed E-state index contributed by atoms with van der Waals surface area (Å²) in [6.45, 7) is 6.30. The molecule has 1 unspecified atom stereocenters. The van der Waals surface area contributed by atoms with Crippen molar-refractivity contribution in [3.05, 3.63) is 0 Å². The van der Waals surface area contributed by atoms with E-state index >= 15 is 0 Å². The Morgan fingerprint density at radius 2 is 2.45 bits per heavy atom. The molecule has 0 aromatic carbocycles. The molecule has 11 heavy (non-hydrogen) atoms. The summed E-state index contributed by atoms with van der Waals surface area (Å²) in [5.74, 6) is 0. The Bertz CT molecular complexity index is 99.7. The van der Waals surface area contributed by atoms with Crippen LogP contribution in [0.2, 0.25) is 0 Å². The molecule has 0 spiro atoms. The van der Waals surface area contributed by atoms with Gasteiger partial charge in [-0.1, -0.05) is 6.92 Å². The van der Waals surface area contributed by atoms with Gasteiger partial charge in [0.05, 0.1) is 6.61 Å². The average Bonchev–Trinajstić information content (AvgIpc) is 2.06. The van der Waals surface area contributed by atoms with Gasteiger partial charge < -0.3 is 10.1 Å². The van der Waals surface area contributed by atoms with Crippen LogP contribution in [0.5, 0.6) is 0 Å². The van der Waals surface area contributed by atoms with E-state index in [-0.39, 0.29) is 0 Å². The van der Waals surface area contributed by atoms with E-state index in [2.05, 4.69) is 19.2 Å². The Hall–Kier alpha value is -0.0800. The molecule has 1 rings (SSSR count). The first kappa shape index (κ1) is 9.01. The average molecular weight is 157 g/mol. The molecule has 0 amide bonds. The van der Waals surface area contributed by atoms with E-state index in [1.54, 1.807) is 0 Å². The minimum Gasteiger partial charge on any atom is -0.380 e. The minimum atomic E-state index is 0.610. The predicted molar refractivity (Wildman–Crippen MR) is 46.7 cm³/mol. The Balaban J connectivity index is 2.13. The highest BCUT2D eigenvalue weighted by Gasteiger charge is 2.14. The molecule has 0 bridgehead atoms. The number of hydrogen-bond donors (Lipinski definition) is 1. The zero-order valence-electron chi connectivity index (χ0n) is 7.60. The highest BCUT2D eigenvalue weighted by molar-refractivity contribution is 4.72. The van der Waals surface area contributed by atoms with Crippen LogP contribution in [0, 0.1) is 0 Å². The highest BCUT2D eigenvalue weighted by Crippen LogP contribution is 2.06. The van der Waals surface area contributed by atoms with Crippen LogP contribution in [-0.4, -0.2) is 25.3 Å². The maximum absolute atomic E-state index is 5.36. The van der Waals surface area contributed by atoms with E-state index in [0.717, 1.165) is 13.2 Å². The topological polar surface area (TPSA) is 21.3 Å². The second-order valence-electron chi connectivity index (χ2n) is 3.39. The Kier molecular flexibility index (Phi) is 3.87. The van der Waals surface area contributed by atoms with Crippen LogP contribution in [0.1, 0.15) is 33.1 Å². The molecule has 1 saturated heterocycles. The van der Waals surface area contributed by atoms with Gasteiger partial charge in [-0.25, -0.2) is 0 Å². The van der Waals surface area contributed by atoms with Gasteiger partial charge in [0.2, 0.25) is 0 Å². The van der Waals surface area contributed by atoms with Crippen molar-refractivity contribution in [2.45, 2.75) is 45.2 Å². The molecule has 2 nitrogen and oxygen atoms in total. The normalized spacial score (nSPS) is 28.4. The van der Waals surface area contributed by atoms with Crippen LogP contribution < -0.4 is 5.32 Å². The standard InChI is InChI=1S/C9H19NO/c1-3-8(2)10-9-5-4-6-11-7-9/h8-10H,3-7H2,1-2H3/t8?,9-/m1/s1. The van der Waals surface area contributed by atoms with E-state index in [1.807, 2.05) is 0 Å². The van der Waals surface area contributed by atoms with Crippen molar-refractivity contribution in [3.63, 3.8) is 0 Å². The fourth-order valence-electron chi connectivity index (χ4n) is 1.39. The fraction of sp³-hybridized carbons (Fsp3) is 1.00. The largest absolute Gasteiger partial charge is 0.380 e. The molecule has 2 heteroatoms. The monoisotopic (exact) mass is 157 g/mol. The second kappa shape index (κ2) is 4.73. The molecule has 66 valence electrons. The van der Waals surface area contributed by atoms with Gasteiger partial charge in [0.25, 0.3) is 0 Å². The van der Waals surface area contributed by atoms with E-state index in [9.17, 15) is 0 Å². The van der Waals surface area contributed by atoms with Crippen molar-refractivity contribution >= 4 is 0 Å². The summed E-state index contributed by atoms with van der Waals surface area (Å²) < 4.78 is 5.36. The lowest BCUT2D eigenvalue weighted by Crippen LogP contribution is -2.41. The van der Waals surface area contributed by atoms with Crippen LogP contribution in [0.25, 0.3) is 0 Å². The summed E-state index contributed by atoms with van der Waals surface area (Å²) in [7, 11) is 0. The molecule has 1 fully saturated rings.